The Bertz CT molecular complexity index is 1630. The Labute approximate surface area is 265 Å². The molecule has 0 spiro atoms. The number of anilines is 1. The van der Waals surface area contributed by atoms with E-state index in [0.29, 0.717) is 22.4 Å². The van der Waals surface area contributed by atoms with Crippen molar-refractivity contribution >= 4 is 23.2 Å². The van der Waals surface area contributed by atoms with Gasteiger partial charge in [-0.1, -0.05) is 54.4 Å². The van der Waals surface area contributed by atoms with E-state index in [1.165, 1.54) is 19.3 Å². The monoisotopic (exact) mass is 611 g/mol. The molecule has 0 saturated heterocycles. The highest BCUT2D eigenvalue weighted by Gasteiger charge is 2.53. The van der Waals surface area contributed by atoms with Crippen LogP contribution in [-0.2, 0) is 16.8 Å². The summed E-state index contributed by atoms with van der Waals surface area (Å²) in [5.74, 6) is 3.55. The maximum Gasteiger partial charge on any atom is 0.232 e. The highest BCUT2D eigenvalue weighted by molar-refractivity contribution is 6.30. The zero-order chi connectivity index (χ0) is 31.0. The number of nitrogens with zero attached hydrogens (tertiary/aromatic N) is 1. The number of aliphatic hydroxyl groups is 1. The van der Waals surface area contributed by atoms with Crippen LogP contribution in [0.25, 0.3) is 0 Å². The van der Waals surface area contributed by atoms with Gasteiger partial charge in [0.05, 0.1) is 31.3 Å². The highest BCUT2D eigenvalue weighted by Crippen LogP contribution is 2.62. The smallest absolute Gasteiger partial charge is 0.232 e. The van der Waals surface area contributed by atoms with Crippen molar-refractivity contribution in [2.24, 2.45) is 23.2 Å². The van der Waals surface area contributed by atoms with Gasteiger partial charge in [-0.05, 0) is 123 Å². The number of benzene rings is 3. The molecule has 6 heteroatoms. The van der Waals surface area contributed by atoms with Crippen LogP contribution in [0.15, 0.2) is 72.3 Å². The molecule has 6 atom stereocenters. The second-order valence-corrected chi connectivity index (χ2v) is 14.6. The van der Waals surface area contributed by atoms with Crippen LogP contribution in [0, 0.1) is 23.2 Å². The lowest BCUT2D eigenvalue weighted by Crippen LogP contribution is -2.43. The largest absolute Gasteiger partial charge is 0.493 e. The molecule has 44 heavy (non-hydrogen) atoms. The average molecular weight is 612 g/mol. The molecular weight excluding hydrogens is 570 g/mol. The molecule has 3 aliphatic carbocycles. The topological polar surface area (TPSA) is 59.0 Å². The molecule has 2 saturated carbocycles. The van der Waals surface area contributed by atoms with Crippen LogP contribution in [0.1, 0.15) is 81.7 Å². The molecule has 1 N–H and O–H groups in total. The number of ether oxygens (including phenoxy) is 2. The molecule has 1 heterocycles. The van der Waals surface area contributed by atoms with E-state index >= 15 is 0 Å². The van der Waals surface area contributed by atoms with E-state index in [2.05, 4.69) is 13.0 Å². The lowest BCUT2D eigenvalue weighted by molar-refractivity contribution is -0.118. The SMILES string of the molecule is COc1cc2c(cc1OC(C)C)C(c1ccc(Cl)cc1)N(c1ccc(C(C)(O)C3(C)C=C4CC5CC(CC45)C3)cc1)C(=O)C2. The zero-order valence-electron chi connectivity index (χ0n) is 26.3. The van der Waals surface area contributed by atoms with Gasteiger partial charge in [-0.25, -0.2) is 0 Å². The molecule has 4 aliphatic rings. The number of halogens is 1. The summed E-state index contributed by atoms with van der Waals surface area (Å²) in [6.07, 6.45) is 7.40. The number of fused-ring (bicyclic) bond motifs is 2. The third-order valence-corrected chi connectivity index (χ3v) is 11.2. The number of hydrogen-bond acceptors (Lipinski definition) is 4. The number of amides is 1. The number of rotatable bonds is 7. The fourth-order valence-electron chi connectivity index (χ4n) is 8.56. The minimum absolute atomic E-state index is 0.00688. The third-order valence-electron chi connectivity index (χ3n) is 10.9. The van der Waals surface area contributed by atoms with Crippen LogP contribution in [0.3, 0.4) is 0 Å². The third kappa shape index (κ3) is 4.75. The summed E-state index contributed by atoms with van der Waals surface area (Å²) in [6.45, 7) is 8.17. The fourth-order valence-corrected chi connectivity index (χ4v) is 8.68. The first-order valence-corrected chi connectivity index (χ1v) is 16.3. The summed E-state index contributed by atoms with van der Waals surface area (Å²) in [7, 11) is 1.62. The zero-order valence-corrected chi connectivity index (χ0v) is 27.0. The van der Waals surface area contributed by atoms with Crippen LogP contribution < -0.4 is 14.4 Å². The first-order chi connectivity index (χ1) is 21.0. The van der Waals surface area contributed by atoms with Crippen molar-refractivity contribution in [3.8, 4) is 11.5 Å². The standard InChI is InChI=1S/C38H42ClNO4/c1-22(2)44-34-19-32-26(17-33(34)43-5)18-35(41)40(36(32)24-6-10-29(39)11-7-24)30-12-8-28(9-13-30)38(4,42)37(3)20-23-14-25-16-27(21-37)31(25)15-23/h6-13,17,19,21-23,25,31,36,42H,14-16,18,20H2,1-5H3. The van der Waals surface area contributed by atoms with Crippen LogP contribution in [-0.4, -0.2) is 24.2 Å². The molecule has 6 unspecified atom stereocenters. The van der Waals surface area contributed by atoms with Crippen molar-refractivity contribution in [1.29, 1.82) is 0 Å². The maximum atomic E-state index is 14.0. The molecule has 5 nitrogen and oxygen atoms in total. The van der Waals surface area contributed by atoms with Gasteiger partial charge >= 0.3 is 0 Å². The van der Waals surface area contributed by atoms with Crippen LogP contribution in [0.5, 0.6) is 11.5 Å². The molecule has 2 fully saturated rings. The Balaban J connectivity index is 1.28. The summed E-state index contributed by atoms with van der Waals surface area (Å²) in [4.78, 5) is 15.8. The van der Waals surface area contributed by atoms with E-state index in [1.807, 2.05) is 86.3 Å². The van der Waals surface area contributed by atoms with Gasteiger partial charge in [-0.3, -0.25) is 4.79 Å². The molecule has 0 radical (unpaired) electrons. The molecular formula is C38H42ClNO4. The van der Waals surface area contributed by atoms with E-state index in [9.17, 15) is 9.90 Å². The molecule has 1 amide bonds. The van der Waals surface area contributed by atoms with Crippen molar-refractivity contribution < 1.29 is 19.4 Å². The lowest BCUT2D eigenvalue weighted by atomic mass is 9.62. The number of carbonyl (C=O) groups excluding carboxylic acids is 1. The Morgan fingerprint density at radius 1 is 1.05 bits per heavy atom. The fraction of sp³-hybridized carbons (Fsp3) is 0.447. The molecule has 230 valence electrons. The van der Waals surface area contributed by atoms with Gasteiger partial charge in [-0.15, -0.1) is 0 Å². The van der Waals surface area contributed by atoms with Crippen molar-refractivity contribution in [2.45, 2.75) is 77.5 Å². The summed E-state index contributed by atoms with van der Waals surface area (Å²) in [5, 5.41) is 12.8. The Morgan fingerprint density at radius 2 is 1.77 bits per heavy atom. The summed E-state index contributed by atoms with van der Waals surface area (Å²) >= 11 is 6.29. The van der Waals surface area contributed by atoms with Crippen molar-refractivity contribution in [1.82, 2.24) is 0 Å². The molecule has 3 aromatic carbocycles. The van der Waals surface area contributed by atoms with Gasteiger partial charge in [0, 0.05) is 16.1 Å². The minimum atomic E-state index is -1.04. The van der Waals surface area contributed by atoms with E-state index in [4.69, 9.17) is 21.1 Å². The van der Waals surface area contributed by atoms with Crippen LogP contribution >= 0.6 is 11.6 Å². The Hall–Kier alpha value is -3.28. The normalized spacial score (nSPS) is 28.5. The minimum Gasteiger partial charge on any atom is -0.493 e. The quantitative estimate of drug-likeness (QED) is 0.273. The van der Waals surface area contributed by atoms with Crippen LogP contribution in [0.2, 0.25) is 5.02 Å². The van der Waals surface area contributed by atoms with Crippen LogP contribution in [0.4, 0.5) is 5.69 Å². The first kappa shape index (κ1) is 29.4. The number of allylic oxidation sites excluding steroid dienone is 1. The van der Waals surface area contributed by atoms with Gasteiger partial charge in [-0.2, -0.15) is 0 Å². The predicted octanol–water partition coefficient (Wildman–Crippen LogP) is 8.40. The molecule has 7 rings (SSSR count). The van der Waals surface area contributed by atoms with Gasteiger partial charge < -0.3 is 19.5 Å². The molecule has 3 aromatic rings. The van der Waals surface area contributed by atoms with Crippen molar-refractivity contribution in [3.63, 3.8) is 0 Å². The van der Waals surface area contributed by atoms with E-state index in [-0.39, 0.29) is 29.9 Å². The van der Waals surface area contributed by atoms with Gasteiger partial charge in [0.15, 0.2) is 11.5 Å². The average Bonchev–Trinajstić information content (AvgIpc) is 3.23. The number of hydrogen-bond donors (Lipinski definition) is 1. The van der Waals surface area contributed by atoms with E-state index in [1.54, 1.807) is 12.7 Å². The van der Waals surface area contributed by atoms with Gasteiger partial charge in [0.1, 0.15) is 0 Å². The predicted molar refractivity (Wildman–Crippen MR) is 174 cm³/mol. The first-order valence-electron chi connectivity index (χ1n) is 16.0. The van der Waals surface area contributed by atoms with E-state index in [0.717, 1.165) is 46.2 Å². The number of methoxy groups -OCH3 is 1. The lowest BCUT2D eigenvalue weighted by Gasteiger charge is -2.46. The molecule has 1 aliphatic heterocycles. The summed E-state index contributed by atoms with van der Waals surface area (Å²) in [6, 6.07) is 19.2. The van der Waals surface area contributed by atoms with Gasteiger partial charge in [0.25, 0.3) is 0 Å². The Kier molecular flexibility index (Phi) is 7.13. The second kappa shape index (κ2) is 10.7. The van der Waals surface area contributed by atoms with Crippen molar-refractivity contribution in [3.05, 3.63) is 99.6 Å². The highest BCUT2D eigenvalue weighted by atomic mass is 35.5. The van der Waals surface area contributed by atoms with E-state index < -0.39 is 5.60 Å². The van der Waals surface area contributed by atoms with Gasteiger partial charge in [0.2, 0.25) is 5.91 Å². The maximum absolute atomic E-state index is 14.0. The van der Waals surface area contributed by atoms with Crippen molar-refractivity contribution in [2.75, 3.05) is 12.0 Å². The molecule has 2 bridgehead atoms. The molecule has 0 aromatic heterocycles. The summed E-state index contributed by atoms with van der Waals surface area (Å²) in [5.41, 5.74) is 4.69. The Morgan fingerprint density at radius 3 is 2.45 bits per heavy atom. The number of carbonyl (C=O) groups is 1. The summed E-state index contributed by atoms with van der Waals surface area (Å²) < 4.78 is 11.8. The second-order valence-electron chi connectivity index (χ2n) is 14.1.